The largest absolute Gasteiger partial charge is 0.464 e. The standard InChI is InChI=1S/C58H39NO/c1-5-18-41(19-6-1)57(42-20-7-2-8-21-42)51-29-15-14-27-48(51)50-39-46(32-34-53(50)57)59(45-33-35-55-40(38-45)36-37-60-55)54-31-17-28-49-47-26-13-16-30-52(47)58(56(49)54,43-22-9-3-10-23-43)44-24-11-4-12-25-44/h1-39H. The molecule has 2 aliphatic rings. The van der Waals surface area contributed by atoms with Gasteiger partial charge in [0, 0.05) is 22.3 Å². The normalized spacial score (nSPS) is 13.9. The fraction of sp³-hybridized carbons (Fsp3) is 0.0345. The van der Waals surface area contributed by atoms with Crippen molar-refractivity contribution in [1.82, 2.24) is 0 Å². The number of anilines is 3. The van der Waals surface area contributed by atoms with Gasteiger partial charge in [-0.3, -0.25) is 0 Å². The van der Waals surface area contributed by atoms with Gasteiger partial charge in [0.2, 0.25) is 0 Å². The highest BCUT2D eigenvalue weighted by Gasteiger charge is 2.49. The molecule has 0 fully saturated rings. The number of furan rings is 1. The molecule has 282 valence electrons. The Morgan fingerprint density at radius 3 is 1.42 bits per heavy atom. The van der Waals surface area contributed by atoms with Crippen LogP contribution >= 0.6 is 0 Å². The minimum absolute atomic E-state index is 0.487. The Kier molecular flexibility index (Phi) is 7.70. The van der Waals surface area contributed by atoms with Crippen LogP contribution in [0.2, 0.25) is 0 Å². The fourth-order valence-electron chi connectivity index (χ4n) is 10.8. The molecular formula is C58H39NO. The maximum absolute atomic E-state index is 5.92. The topological polar surface area (TPSA) is 16.4 Å². The first-order valence-electron chi connectivity index (χ1n) is 20.8. The zero-order chi connectivity index (χ0) is 39.7. The van der Waals surface area contributed by atoms with Crippen molar-refractivity contribution in [1.29, 1.82) is 0 Å². The Morgan fingerprint density at radius 2 is 0.800 bits per heavy atom. The summed E-state index contributed by atoms with van der Waals surface area (Å²) < 4.78 is 5.92. The molecule has 9 aromatic carbocycles. The lowest BCUT2D eigenvalue weighted by atomic mass is 9.67. The van der Waals surface area contributed by atoms with Crippen LogP contribution in [0.4, 0.5) is 17.1 Å². The molecule has 0 saturated carbocycles. The minimum atomic E-state index is -0.595. The second kappa shape index (κ2) is 13.4. The van der Waals surface area contributed by atoms with Gasteiger partial charge in [-0.1, -0.05) is 188 Å². The Morgan fingerprint density at radius 1 is 0.333 bits per heavy atom. The second-order valence-electron chi connectivity index (χ2n) is 16.0. The molecule has 0 N–H and O–H groups in total. The first-order chi connectivity index (χ1) is 29.8. The minimum Gasteiger partial charge on any atom is -0.464 e. The van der Waals surface area contributed by atoms with E-state index in [2.05, 4.69) is 235 Å². The average Bonchev–Trinajstić information content (AvgIpc) is 4.01. The maximum atomic E-state index is 5.92. The number of fused-ring (bicyclic) bond motifs is 7. The lowest BCUT2D eigenvalue weighted by Crippen LogP contribution is -2.30. The molecule has 12 rings (SSSR count). The van der Waals surface area contributed by atoms with E-state index in [0.717, 1.165) is 28.0 Å². The summed E-state index contributed by atoms with van der Waals surface area (Å²) in [5.41, 5.74) is 18.1. The summed E-state index contributed by atoms with van der Waals surface area (Å²) in [4.78, 5) is 2.49. The van der Waals surface area contributed by atoms with Gasteiger partial charge in [-0.05, 0) is 104 Å². The first-order valence-corrected chi connectivity index (χ1v) is 20.8. The van der Waals surface area contributed by atoms with E-state index >= 15 is 0 Å². The number of hydrogen-bond donors (Lipinski definition) is 0. The number of nitrogens with zero attached hydrogens (tertiary/aromatic N) is 1. The molecule has 1 aromatic heterocycles. The van der Waals surface area contributed by atoms with E-state index in [1.54, 1.807) is 6.26 Å². The van der Waals surface area contributed by atoms with E-state index in [9.17, 15) is 0 Å². The third-order valence-corrected chi connectivity index (χ3v) is 13.1. The van der Waals surface area contributed by atoms with E-state index in [4.69, 9.17) is 4.42 Å². The van der Waals surface area contributed by atoms with Crippen molar-refractivity contribution in [3.8, 4) is 22.3 Å². The molecule has 0 aliphatic heterocycles. The van der Waals surface area contributed by atoms with Crippen LogP contribution in [0, 0.1) is 0 Å². The van der Waals surface area contributed by atoms with E-state index < -0.39 is 10.8 Å². The second-order valence-corrected chi connectivity index (χ2v) is 16.0. The predicted octanol–water partition coefficient (Wildman–Crippen LogP) is 14.6. The van der Waals surface area contributed by atoms with Crippen LogP contribution in [0.5, 0.6) is 0 Å². The molecule has 2 nitrogen and oxygen atoms in total. The molecule has 10 aromatic rings. The van der Waals surface area contributed by atoms with Crippen molar-refractivity contribution in [3.63, 3.8) is 0 Å². The van der Waals surface area contributed by atoms with Crippen LogP contribution in [0.1, 0.15) is 44.5 Å². The molecule has 0 amide bonds. The van der Waals surface area contributed by atoms with Crippen LogP contribution in [-0.2, 0) is 10.8 Å². The van der Waals surface area contributed by atoms with Crippen LogP contribution < -0.4 is 4.90 Å². The van der Waals surface area contributed by atoms with Crippen molar-refractivity contribution in [3.05, 3.63) is 281 Å². The molecule has 2 heteroatoms. The van der Waals surface area contributed by atoms with Gasteiger partial charge < -0.3 is 9.32 Å². The molecule has 0 atom stereocenters. The third kappa shape index (κ3) is 4.76. The van der Waals surface area contributed by atoms with E-state index in [1.165, 1.54) is 66.8 Å². The van der Waals surface area contributed by atoms with Gasteiger partial charge in [-0.25, -0.2) is 0 Å². The summed E-state index contributed by atoms with van der Waals surface area (Å²) in [6.07, 6.45) is 1.78. The lowest BCUT2D eigenvalue weighted by molar-refractivity contribution is 0.616. The summed E-state index contributed by atoms with van der Waals surface area (Å²) in [7, 11) is 0. The quantitative estimate of drug-likeness (QED) is 0.161. The molecule has 0 unspecified atom stereocenters. The zero-order valence-electron chi connectivity index (χ0n) is 32.9. The van der Waals surface area contributed by atoms with Crippen LogP contribution in [0.3, 0.4) is 0 Å². The van der Waals surface area contributed by atoms with Crippen molar-refractivity contribution < 1.29 is 4.42 Å². The highest BCUT2D eigenvalue weighted by molar-refractivity contribution is 5.97. The highest BCUT2D eigenvalue weighted by atomic mass is 16.3. The van der Waals surface area contributed by atoms with E-state index in [0.29, 0.717) is 0 Å². The molecule has 0 bridgehead atoms. The van der Waals surface area contributed by atoms with Gasteiger partial charge in [0.05, 0.1) is 22.8 Å². The summed E-state index contributed by atoms with van der Waals surface area (Å²) in [5, 5.41) is 1.06. The van der Waals surface area contributed by atoms with Gasteiger partial charge in [0.25, 0.3) is 0 Å². The monoisotopic (exact) mass is 765 g/mol. The Hall–Kier alpha value is -7.68. The molecular weight excluding hydrogens is 727 g/mol. The summed E-state index contributed by atoms with van der Waals surface area (Å²) in [5.74, 6) is 0. The Bertz CT molecular complexity index is 3120. The van der Waals surface area contributed by atoms with Crippen molar-refractivity contribution in [2.45, 2.75) is 10.8 Å². The fourth-order valence-corrected chi connectivity index (χ4v) is 10.8. The molecule has 0 saturated heterocycles. The zero-order valence-corrected chi connectivity index (χ0v) is 32.9. The molecule has 0 spiro atoms. The van der Waals surface area contributed by atoms with Gasteiger partial charge in [-0.15, -0.1) is 0 Å². The highest BCUT2D eigenvalue weighted by Crippen LogP contribution is 2.61. The van der Waals surface area contributed by atoms with Crippen LogP contribution in [0.25, 0.3) is 33.2 Å². The predicted molar refractivity (Wildman–Crippen MR) is 246 cm³/mol. The molecule has 60 heavy (non-hydrogen) atoms. The summed E-state index contributed by atoms with van der Waals surface area (Å²) >= 11 is 0. The Labute approximate surface area is 350 Å². The summed E-state index contributed by atoms with van der Waals surface area (Å²) in [6.45, 7) is 0. The Balaban J connectivity index is 1.18. The first kappa shape index (κ1) is 34.4. The van der Waals surface area contributed by atoms with E-state index in [-0.39, 0.29) is 0 Å². The molecule has 2 aliphatic carbocycles. The maximum Gasteiger partial charge on any atom is 0.133 e. The lowest BCUT2D eigenvalue weighted by Gasteiger charge is -2.38. The SMILES string of the molecule is c1ccc(C2(c3ccccc3)c3ccccc3-c3cc(N(c4ccc5occc5c4)c4cccc5c4C(c4ccccc4)(c4ccccc4)c4ccccc4-5)ccc32)cc1. The smallest absolute Gasteiger partial charge is 0.133 e. The average molecular weight is 766 g/mol. The third-order valence-electron chi connectivity index (χ3n) is 13.1. The van der Waals surface area contributed by atoms with Gasteiger partial charge in [0.15, 0.2) is 0 Å². The van der Waals surface area contributed by atoms with E-state index in [1.807, 2.05) is 0 Å². The van der Waals surface area contributed by atoms with Crippen LogP contribution in [-0.4, -0.2) is 0 Å². The van der Waals surface area contributed by atoms with Crippen molar-refractivity contribution in [2.24, 2.45) is 0 Å². The molecule has 1 heterocycles. The van der Waals surface area contributed by atoms with Gasteiger partial charge in [0.1, 0.15) is 5.58 Å². The summed E-state index contributed by atoms with van der Waals surface area (Å²) in [6, 6.07) is 84.9. The van der Waals surface area contributed by atoms with Crippen molar-refractivity contribution in [2.75, 3.05) is 4.90 Å². The van der Waals surface area contributed by atoms with Crippen LogP contribution in [0.15, 0.2) is 241 Å². The number of rotatable bonds is 7. The number of benzene rings is 9. The van der Waals surface area contributed by atoms with Crippen molar-refractivity contribution >= 4 is 28.0 Å². The van der Waals surface area contributed by atoms with Gasteiger partial charge in [-0.2, -0.15) is 0 Å². The molecule has 0 radical (unpaired) electrons. The van der Waals surface area contributed by atoms with Gasteiger partial charge >= 0.3 is 0 Å². The number of hydrogen-bond acceptors (Lipinski definition) is 2.